The van der Waals surface area contributed by atoms with E-state index in [1.54, 1.807) is 6.07 Å². The molecule has 0 heterocycles. The molecule has 3 N–H and O–H groups in total. The van der Waals surface area contributed by atoms with E-state index in [1.807, 2.05) is 39.0 Å². The molecule has 0 bridgehead atoms. The van der Waals surface area contributed by atoms with E-state index < -0.39 is 18.2 Å². The molecular formula is C29H40Cl2NaO5. The molecule has 0 fully saturated rings. The molecule has 1 unspecified atom stereocenters. The van der Waals surface area contributed by atoms with E-state index in [9.17, 15) is 15.0 Å². The van der Waals surface area contributed by atoms with E-state index in [2.05, 4.69) is 26.0 Å². The number of carbonyl (C=O) groups is 1. The van der Waals surface area contributed by atoms with Crippen LogP contribution in [0.5, 0.6) is 5.75 Å². The molecule has 0 saturated heterocycles. The van der Waals surface area contributed by atoms with Crippen molar-refractivity contribution in [3.8, 4) is 5.75 Å². The SMILES string of the molecule is CCC(CC)(c1ccc(CCC(O)C(C)(C)C)c(Cl)c1)c1ccc(OC[C@H](O)CCC(=O)O)c(Cl)c1.[Na]. The zero-order chi connectivity index (χ0) is 27.1. The molecule has 0 saturated carbocycles. The van der Waals surface area contributed by atoms with Gasteiger partial charge in [-0.3, -0.25) is 4.79 Å². The molecule has 2 rings (SSSR count). The summed E-state index contributed by atoms with van der Waals surface area (Å²) in [6.45, 7) is 10.3. The Morgan fingerprint density at radius 2 is 1.51 bits per heavy atom. The summed E-state index contributed by atoms with van der Waals surface area (Å²) in [4.78, 5) is 10.7. The Bertz CT molecular complexity index is 1020. The predicted molar refractivity (Wildman–Crippen MR) is 152 cm³/mol. The number of aliphatic hydroxyl groups excluding tert-OH is 2. The first-order chi connectivity index (χ1) is 16.8. The molecule has 5 nitrogen and oxygen atoms in total. The van der Waals surface area contributed by atoms with E-state index >= 15 is 0 Å². The van der Waals surface area contributed by atoms with Gasteiger partial charge in [-0.2, -0.15) is 0 Å². The van der Waals surface area contributed by atoms with Crippen molar-refractivity contribution in [2.45, 2.75) is 90.8 Å². The third kappa shape index (κ3) is 9.42. The van der Waals surface area contributed by atoms with Crippen LogP contribution in [0.2, 0.25) is 10.0 Å². The van der Waals surface area contributed by atoms with Crippen LogP contribution in [0.25, 0.3) is 0 Å². The number of rotatable bonds is 13. The molecule has 0 amide bonds. The normalized spacial score (nSPS) is 13.5. The van der Waals surface area contributed by atoms with Crippen molar-refractivity contribution < 1.29 is 24.9 Å². The monoisotopic (exact) mass is 561 g/mol. The van der Waals surface area contributed by atoms with E-state index in [1.165, 1.54) is 0 Å². The largest absolute Gasteiger partial charge is 0.489 e. The fourth-order valence-corrected chi connectivity index (χ4v) is 4.99. The van der Waals surface area contributed by atoms with Crippen molar-refractivity contribution >= 4 is 58.7 Å². The van der Waals surface area contributed by atoms with Crippen LogP contribution >= 0.6 is 23.2 Å². The van der Waals surface area contributed by atoms with Gasteiger partial charge in [-0.15, -0.1) is 0 Å². The first-order valence-corrected chi connectivity index (χ1v) is 13.4. The molecule has 2 atom stereocenters. The van der Waals surface area contributed by atoms with Gasteiger partial charge in [0.05, 0.1) is 17.2 Å². The molecule has 2 aromatic carbocycles. The molecule has 37 heavy (non-hydrogen) atoms. The van der Waals surface area contributed by atoms with Gasteiger partial charge in [0, 0.05) is 46.4 Å². The average molecular weight is 563 g/mol. The Kier molecular flexibility index (Phi) is 14.0. The Morgan fingerprint density at radius 1 is 0.946 bits per heavy atom. The van der Waals surface area contributed by atoms with E-state index in [0.29, 0.717) is 28.6 Å². The number of carboxylic acids is 1. The molecule has 1 radical (unpaired) electrons. The maximum atomic E-state index is 10.7. The molecular weight excluding hydrogens is 522 g/mol. The number of benzene rings is 2. The van der Waals surface area contributed by atoms with Crippen LogP contribution in [-0.4, -0.2) is 69.7 Å². The van der Waals surface area contributed by atoms with Crippen LogP contribution in [0, 0.1) is 5.41 Å². The first-order valence-electron chi connectivity index (χ1n) is 12.6. The van der Waals surface area contributed by atoms with Crippen LogP contribution in [0.4, 0.5) is 0 Å². The zero-order valence-corrected chi connectivity index (χ0v) is 26.5. The van der Waals surface area contributed by atoms with Crippen LogP contribution in [-0.2, 0) is 16.6 Å². The van der Waals surface area contributed by atoms with Gasteiger partial charge in [0.2, 0.25) is 0 Å². The quantitative estimate of drug-likeness (QED) is 0.238. The predicted octanol–water partition coefficient (Wildman–Crippen LogP) is 6.66. The minimum atomic E-state index is -0.956. The zero-order valence-electron chi connectivity index (χ0n) is 23.0. The standard InChI is InChI=1S/C29H40Cl2O5.Na/c1-6-29(7-2,20-10-8-19(23(30)16-20)9-14-26(33)28(3,4)5)21-11-13-25(24(31)17-21)36-18-22(32)12-15-27(34)35;/h8,10-11,13,16-17,22,26,32-33H,6-7,9,12,14-15,18H2,1-5H3,(H,34,35);/t22-,26?;/m1./s1. The Morgan fingerprint density at radius 3 is 2.00 bits per heavy atom. The van der Waals surface area contributed by atoms with Crippen molar-refractivity contribution in [2.75, 3.05) is 6.61 Å². The van der Waals surface area contributed by atoms with Crippen LogP contribution in [0.15, 0.2) is 36.4 Å². The smallest absolute Gasteiger partial charge is 0.303 e. The number of carboxylic acid groups (broad SMARTS) is 1. The minimum Gasteiger partial charge on any atom is -0.489 e. The summed E-state index contributed by atoms with van der Waals surface area (Å²) in [6.07, 6.45) is 1.75. The van der Waals surface area contributed by atoms with Crippen LogP contribution in [0.3, 0.4) is 0 Å². The molecule has 201 valence electrons. The van der Waals surface area contributed by atoms with Gasteiger partial charge in [-0.05, 0) is 72.4 Å². The molecule has 8 heteroatoms. The second-order valence-corrected chi connectivity index (χ2v) is 11.4. The Labute approximate surface area is 253 Å². The Balaban J connectivity index is 0.00000684. The summed E-state index contributed by atoms with van der Waals surface area (Å²) in [5.41, 5.74) is 2.70. The topological polar surface area (TPSA) is 87.0 Å². The second kappa shape index (κ2) is 15.1. The number of hydrogen-bond donors (Lipinski definition) is 3. The van der Waals surface area contributed by atoms with E-state index in [4.69, 9.17) is 33.0 Å². The number of halogens is 2. The molecule has 2 aromatic rings. The number of ether oxygens (including phenoxy) is 1. The molecule has 0 aliphatic rings. The van der Waals surface area contributed by atoms with Gasteiger partial charge in [0.1, 0.15) is 12.4 Å². The number of aryl methyl sites for hydroxylation is 1. The summed E-state index contributed by atoms with van der Waals surface area (Å²) in [5.74, 6) is -0.510. The minimum absolute atomic E-state index is 0. The summed E-state index contributed by atoms with van der Waals surface area (Å²) >= 11 is 13.3. The summed E-state index contributed by atoms with van der Waals surface area (Å²) in [7, 11) is 0. The molecule has 0 aliphatic heterocycles. The fourth-order valence-electron chi connectivity index (χ4n) is 4.48. The summed E-state index contributed by atoms with van der Waals surface area (Å²) in [5, 5.41) is 30.3. The fraction of sp³-hybridized carbons (Fsp3) is 0.552. The first kappa shape index (κ1) is 34.2. The molecule has 0 spiro atoms. The Hall–Kier alpha value is -0.790. The van der Waals surface area contributed by atoms with Crippen LogP contribution in [0.1, 0.15) is 83.4 Å². The van der Waals surface area contributed by atoms with Gasteiger partial charge in [0.15, 0.2) is 0 Å². The van der Waals surface area contributed by atoms with Crippen molar-refractivity contribution in [2.24, 2.45) is 5.41 Å². The van der Waals surface area contributed by atoms with E-state index in [0.717, 1.165) is 29.5 Å². The van der Waals surface area contributed by atoms with Gasteiger partial charge in [-0.25, -0.2) is 0 Å². The number of aliphatic carboxylic acids is 1. The van der Waals surface area contributed by atoms with Crippen LogP contribution < -0.4 is 4.74 Å². The van der Waals surface area contributed by atoms with Crippen molar-refractivity contribution in [3.05, 3.63) is 63.1 Å². The maximum Gasteiger partial charge on any atom is 0.303 e. The third-order valence-corrected chi connectivity index (χ3v) is 7.75. The van der Waals surface area contributed by atoms with Gasteiger partial charge >= 0.3 is 5.97 Å². The number of hydrogen-bond acceptors (Lipinski definition) is 4. The van der Waals surface area contributed by atoms with Gasteiger partial charge in [-0.1, -0.05) is 76.0 Å². The van der Waals surface area contributed by atoms with Crippen molar-refractivity contribution in [1.29, 1.82) is 0 Å². The number of aliphatic hydroxyl groups is 2. The molecule has 0 aromatic heterocycles. The third-order valence-electron chi connectivity index (χ3n) is 7.11. The second-order valence-electron chi connectivity index (χ2n) is 10.6. The molecule has 0 aliphatic carbocycles. The average Bonchev–Trinajstić information content (AvgIpc) is 2.82. The van der Waals surface area contributed by atoms with E-state index in [-0.39, 0.29) is 59.8 Å². The summed E-state index contributed by atoms with van der Waals surface area (Å²) < 4.78 is 5.66. The van der Waals surface area contributed by atoms with Crippen molar-refractivity contribution in [1.82, 2.24) is 0 Å². The maximum absolute atomic E-state index is 10.7. The van der Waals surface area contributed by atoms with Gasteiger partial charge in [0.25, 0.3) is 0 Å². The van der Waals surface area contributed by atoms with Gasteiger partial charge < -0.3 is 20.1 Å². The van der Waals surface area contributed by atoms with Crippen molar-refractivity contribution in [3.63, 3.8) is 0 Å². The summed E-state index contributed by atoms with van der Waals surface area (Å²) in [6, 6.07) is 11.9.